The number of rotatable bonds is 4. The van der Waals surface area contributed by atoms with Gasteiger partial charge in [0.05, 0.1) is 5.92 Å². The third kappa shape index (κ3) is 4.21. The van der Waals surface area contributed by atoms with E-state index in [9.17, 15) is 13.2 Å². The van der Waals surface area contributed by atoms with Gasteiger partial charge >= 0.3 is 6.18 Å². The second-order valence-electron chi connectivity index (χ2n) is 5.44. The molecule has 1 aliphatic rings. The van der Waals surface area contributed by atoms with Crippen LogP contribution < -0.4 is 5.32 Å². The quantitative estimate of drug-likeness (QED) is 0.914. The molecule has 0 aromatic heterocycles. The summed E-state index contributed by atoms with van der Waals surface area (Å²) in [5, 5.41) is 3.10. The Morgan fingerprint density at radius 3 is 2.45 bits per heavy atom. The van der Waals surface area contributed by atoms with Crippen molar-refractivity contribution in [3.63, 3.8) is 0 Å². The van der Waals surface area contributed by atoms with Crippen LogP contribution in [0, 0.1) is 5.92 Å². The van der Waals surface area contributed by atoms with Gasteiger partial charge in [0, 0.05) is 13.1 Å². The Morgan fingerprint density at radius 1 is 1.20 bits per heavy atom. The third-order valence-corrected chi connectivity index (χ3v) is 3.83. The maximum atomic E-state index is 12.6. The molecular weight excluding hydrogens is 265 g/mol. The van der Waals surface area contributed by atoms with E-state index >= 15 is 0 Å². The first kappa shape index (κ1) is 15.3. The molecule has 0 atom stereocenters. The largest absolute Gasteiger partial charge is 0.391 e. The lowest BCUT2D eigenvalue weighted by molar-refractivity contribution is -0.185. The molecule has 0 saturated carbocycles. The Bertz CT molecular complexity index is 423. The molecule has 0 unspecified atom stereocenters. The molecule has 1 saturated heterocycles. The summed E-state index contributed by atoms with van der Waals surface area (Å²) in [6.45, 7) is 2.60. The van der Waals surface area contributed by atoms with E-state index in [-0.39, 0.29) is 12.8 Å². The van der Waals surface area contributed by atoms with Crippen LogP contribution in [0.15, 0.2) is 24.3 Å². The van der Waals surface area contributed by atoms with Crippen LogP contribution in [0.1, 0.15) is 24.0 Å². The van der Waals surface area contributed by atoms with Crippen molar-refractivity contribution >= 4 is 0 Å². The molecule has 0 radical (unpaired) electrons. The Labute approximate surface area is 118 Å². The van der Waals surface area contributed by atoms with Crippen molar-refractivity contribution in [1.29, 1.82) is 0 Å². The number of nitrogens with one attached hydrogen (secondary N) is 1. The number of piperidine rings is 1. The van der Waals surface area contributed by atoms with Crippen molar-refractivity contribution in [1.82, 2.24) is 10.2 Å². The average molecular weight is 286 g/mol. The van der Waals surface area contributed by atoms with Gasteiger partial charge in [0.1, 0.15) is 0 Å². The van der Waals surface area contributed by atoms with E-state index in [4.69, 9.17) is 0 Å². The minimum atomic E-state index is -4.03. The van der Waals surface area contributed by atoms with Crippen LogP contribution in [0.4, 0.5) is 13.2 Å². The molecular formula is C15H21F3N2. The molecule has 2 rings (SSSR count). The number of alkyl halides is 3. The average Bonchev–Trinajstić information content (AvgIpc) is 2.39. The number of nitrogens with zero attached hydrogens (tertiary/aromatic N) is 1. The summed E-state index contributed by atoms with van der Waals surface area (Å²) in [5.74, 6) is -1.12. The molecule has 1 heterocycles. The standard InChI is InChI=1S/C15H21F3N2/c1-19-10-12-3-2-4-13(9-12)11-20-7-5-14(6-8-20)15(16,17)18/h2-4,9,14,19H,5-8,10-11H2,1H3. The van der Waals surface area contributed by atoms with Crippen molar-refractivity contribution in [2.24, 2.45) is 5.92 Å². The first-order chi connectivity index (χ1) is 9.49. The topological polar surface area (TPSA) is 15.3 Å². The molecule has 5 heteroatoms. The summed E-state index contributed by atoms with van der Waals surface area (Å²) >= 11 is 0. The number of halogens is 3. The molecule has 1 aromatic rings. The Kier molecular flexibility index (Phi) is 5.05. The van der Waals surface area contributed by atoms with Crippen LogP contribution in [0.2, 0.25) is 0 Å². The fraction of sp³-hybridized carbons (Fsp3) is 0.600. The van der Waals surface area contributed by atoms with E-state index in [1.165, 1.54) is 11.1 Å². The van der Waals surface area contributed by atoms with Gasteiger partial charge in [-0.25, -0.2) is 0 Å². The second-order valence-corrected chi connectivity index (χ2v) is 5.44. The van der Waals surface area contributed by atoms with Gasteiger partial charge in [-0.05, 0) is 44.1 Å². The van der Waals surface area contributed by atoms with Crippen LogP contribution in [0.25, 0.3) is 0 Å². The highest BCUT2D eigenvalue weighted by atomic mass is 19.4. The summed E-state index contributed by atoms with van der Waals surface area (Å²) in [4.78, 5) is 2.11. The Morgan fingerprint density at radius 2 is 1.85 bits per heavy atom. The van der Waals surface area contributed by atoms with E-state index < -0.39 is 12.1 Å². The summed E-state index contributed by atoms with van der Waals surface area (Å²) < 4.78 is 37.8. The molecule has 1 aromatic carbocycles. The van der Waals surface area contributed by atoms with Crippen molar-refractivity contribution in [2.45, 2.75) is 32.1 Å². The number of hydrogen-bond acceptors (Lipinski definition) is 2. The van der Waals surface area contributed by atoms with E-state index in [1.807, 2.05) is 19.2 Å². The van der Waals surface area contributed by atoms with Gasteiger partial charge in [0.2, 0.25) is 0 Å². The molecule has 2 nitrogen and oxygen atoms in total. The van der Waals surface area contributed by atoms with Gasteiger partial charge in [-0.2, -0.15) is 13.2 Å². The molecule has 0 aliphatic carbocycles. The maximum Gasteiger partial charge on any atom is 0.391 e. The normalized spacial score (nSPS) is 18.4. The van der Waals surface area contributed by atoms with Gasteiger partial charge in [-0.3, -0.25) is 4.90 Å². The fourth-order valence-corrected chi connectivity index (χ4v) is 2.72. The molecule has 0 bridgehead atoms. The summed E-state index contributed by atoms with van der Waals surface area (Å²) in [5.41, 5.74) is 2.37. The van der Waals surface area contributed by atoms with Crippen LogP contribution in [-0.4, -0.2) is 31.2 Å². The maximum absolute atomic E-state index is 12.6. The predicted octanol–water partition coefficient (Wildman–Crippen LogP) is 3.18. The van der Waals surface area contributed by atoms with E-state index in [0.717, 1.165) is 13.1 Å². The molecule has 1 N–H and O–H groups in total. The van der Waals surface area contributed by atoms with Crippen molar-refractivity contribution in [3.05, 3.63) is 35.4 Å². The monoisotopic (exact) mass is 286 g/mol. The first-order valence-electron chi connectivity index (χ1n) is 7.00. The highest BCUT2D eigenvalue weighted by Crippen LogP contribution is 2.34. The molecule has 20 heavy (non-hydrogen) atoms. The zero-order valence-electron chi connectivity index (χ0n) is 11.7. The van der Waals surface area contributed by atoms with Crippen molar-refractivity contribution in [2.75, 3.05) is 20.1 Å². The SMILES string of the molecule is CNCc1cccc(CN2CCC(C(F)(F)F)CC2)c1. The summed E-state index contributed by atoms with van der Waals surface area (Å²) in [6, 6.07) is 8.21. The zero-order chi connectivity index (χ0) is 14.6. The number of benzene rings is 1. The summed E-state index contributed by atoms with van der Waals surface area (Å²) in [7, 11) is 1.90. The van der Waals surface area contributed by atoms with E-state index in [2.05, 4.69) is 22.3 Å². The fourth-order valence-electron chi connectivity index (χ4n) is 2.72. The van der Waals surface area contributed by atoms with E-state index in [0.29, 0.717) is 13.1 Å². The van der Waals surface area contributed by atoms with Gasteiger partial charge in [-0.15, -0.1) is 0 Å². The lowest BCUT2D eigenvalue weighted by Gasteiger charge is -2.32. The molecule has 1 aliphatic heterocycles. The highest BCUT2D eigenvalue weighted by molar-refractivity contribution is 5.23. The summed E-state index contributed by atoms with van der Waals surface area (Å²) in [6.07, 6.45) is -3.59. The van der Waals surface area contributed by atoms with Crippen molar-refractivity contribution in [3.8, 4) is 0 Å². The third-order valence-electron chi connectivity index (χ3n) is 3.83. The molecule has 0 spiro atoms. The number of likely N-dealkylation sites (tertiary alicyclic amines) is 1. The zero-order valence-corrected chi connectivity index (χ0v) is 11.7. The second kappa shape index (κ2) is 6.59. The molecule has 0 amide bonds. The minimum absolute atomic E-state index is 0.222. The predicted molar refractivity (Wildman–Crippen MR) is 73.3 cm³/mol. The van der Waals surface area contributed by atoms with Gasteiger partial charge < -0.3 is 5.32 Å². The Hall–Kier alpha value is -1.07. The van der Waals surface area contributed by atoms with Gasteiger partial charge in [0.15, 0.2) is 0 Å². The minimum Gasteiger partial charge on any atom is -0.316 e. The lowest BCUT2D eigenvalue weighted by Crippen LogP contribution is -2.38. The Balaban J connectivity index is 1.88. The van der Waals surface area contributed by atoms with Crippen LogP contribution in [0.3, 0.4) is 0 Å². The lowest BCUT2D eigenvalue weighted by atomic mass is 9.96. The van der Waals surface area contributed by atoms with Crippen LogP contribution >= 0.6 is 0 Å². The molecule has 112 valence electrons. The number of hydrogen-bond donors (Lipinski definition) is 1. The first-order valence-corrected chi connectivity index (χ1v) is 7.00. The van der Waals surface area contributed by atoms with Gasteiger partial charge in [0.25, 0.3) is 0 Å². The van der Waals surface area contributed by atoms with Gasteiger partial charge in [-0.1, -0.05) is 24.3 Å². The van der Waals surface area contributed by atoms with Crippen LogP contribution in [-0.2, 0) is 13.1 Å². The molecule has 1 fully saturated rings. The van der Waals surface area contributed by atoms with Crippen molar-refractivity contribution < 1.29 is 13.2 Å². The van der Waals surface area contributed by atoms with Crippen LogP contribution in [0.5, 0.6) is 0 Å². The van der Waals surface area contributed by atoms with E-state index in [1.54, 1.807) is 0 Å². The highest BCUT2D eigenvalue weighted by Gasteiger charge is 2.40. The smallest absolute Gasteiger partial charge is 0.316 e.